The fraction of sp³-hybridized carbons (Fsp3) is 0.360. The van der Waals surface area contributed by atoms with Gasteiger partial charge in [-0.05, 0) is 55.3 Å². The smallest absolute Gasteiger partial charge is 0.246 e. The molecule has 1 heterocycles. The van der Waals surface area contributed by atoms with Crippen molar-refractivity contribution in [1.82, 2.24) is 4.90 Å². The van der Waals surface area contributed by atoms with Crippen LogP contribution >= 0.6 is 0 Å². The zero-order valence-electron chi connectivity index (χ0n) is 18.8. The summed E-state index contributed by atoms with van der Waals surface area (Å²) in [6.45, 7) is 6.09. The van der Waals surface area contributed by atoms with Crippen LogP contribution in [0, 0.1) is 5.82 Å². The summed E-state index contributed by atoms with van der Waals surface area (Å²) in [5, 5.41) is 0. The molecule has 7 heteroatoms. The molecular formula is C25H29FN2O4. The van der Waals surface area contributed by atoms with Crippen LogP contribution in [0.1, 0.15) is 36.2 Å². The lowest BCUT2D eigenvalue weighted by Gasteiger charge is -2.35. The number of hydrogen-bond acceptors (Lipinski definition) is 5. The van der Waals surface area contributed by atoms with E-state index in [0.29, 0.717) is 55.5 Å². The first-order valence-electron chi connectivity index (χ1n) is 10.8. The van der Waals surface area contributed by atoms with Crippen LogP contribution in [0.15, 0.2) is 42.5 Å². The number of Topliss-reactive ketones (excluding diaryl/α,β-unsaturated/α-hetero) is 1. The Kier molecular flexibility index (Phi) is 7.87. The number of methoxy groups -OCH3 is 1. The van der Waals surface area contributed by atoms with Gasteiger partial charge in [-0.15, -0.1) is 0 Å². The predicted octanol–water partition coefficient (Wildman–Crippen LogP) is 4.19. The van der Waals surface area contributed by atoms with E-state index >= 15 is 0 Å². The molecule has 6 nitrogen and oxygen atoms in total. The van der Waals surface area contributed by atoms with Crippen LogP contribution in [-0.2, 0) is 4.79 Å². The van der Waals surface area contributed by atoms with Crippen LogP contribution < -0.4 is 14.4 Å². The van der Waals surface area contributed by atoms with E-state index in [4.69, 9.17) is 9.47 Å². The number of hydrogen-bond donors (Lipinski definition) is 0. The number of halogens is 1. The molecule has 0 saturated carbocycles. The Balaban J connectivity index is 1.59. The fourth-order valence-electron chi connectivity index (χ4n) is 3.54. The molecule has 0 aromatic heterocycles. The Bertz CT molecular complexity index is 997. The summed E-state index contributed by atoms with van der Waals surface area (Å²) in [4.78, 5) is 27.7. The van der Waals surface area contributed by atoms with Crippen LogP contribution in [0.2, 0.25) is 0 Å². The second-order valence-corrected chi connectivity index (χ2v) is 7.63. The Morgan fingerprint density at radius 3 is 2.44 bits per heavy atom. The highest BCUT2D eigenvalue weighted by Gasteiger charge is 2.22. The second kappa shape index (κ2) is 10.8. The number of amides is 1. The summed E-state index contributed by atoms with van der Waals surface area (Å²) in [5.41, 5.74) is 1.65. The maximum absolute atomic E-state index is 14.4. The molecule has 0 atom stereocenters. The topological polar surface area (TPSA) is 59.1 Å². The van der Waals surface area contributed by atoms with Crippen LogP contribution in [0.4, 0.5) is 10.1 Å². The van der Waals surface area contributed by atoms with Gasteiger partial charge in [-0.1, -0.05) is 13.0 Å². The molecule has 32 heavy (non-hydrogen) atoms. The lowest BCUT2D eigenvalue weighted by Crippen LogP contribution is -2.48. The molecule has 1 saturated heterocycles. The Labute approximate surface area is 188 Å². The summed E-state index contributed by atoms with van der Waals surface area (Å²) < 4.78 is 25.4. The summed E-state index contributed by atoms with van der Waals surface area (Å²) in [6, 6.07) is 10.1. The Morgan fingerprint density at radius 2 is 1.81 bits per heavy atom. The molecule has 1 fully saturated rings. The van der Waals surface area contributed by atoms with E-state index in [2.05, 4.69) is 0 Å². The number of benzene rings is 2. The zero-order chi connectivity index (χ0) is 23.1. The molecule has 0 unspecified atom stereocenters. The largest absolute Gasteiger partial charge is 0.493 e. The minimum atomic E-state index is -0.419. The van der Waals surface area contributed by atoms with Gasteiger partial charge in [0.15, 0.2) is 17.3 Å². The first kappa shape index (κ1) is 23.3. The van der Waals surface area contributed by atoms with Gasteiger partial charge >= 0.3 is 0 Å². The standard InChI is InChI=1S/C25H29FN2O4/c1-4-15-32-23-9-5-19(16-24(23)31-3)6-10-25(30)28-13-11-27(12-14-28)22-8-7-20(18(2)29)17-21(22)26/h5-10,16-17H,4,11-15H2,1-3H3/b10-6+. The van der Waals surface area contributed by atoms with Gasteiger partial charge in [0.2, 0.25) is 5.91 Å². The van der Waals surface area contributed by atoms with E-state index in [0.717, 1.165) is 12.0 Å². The number of piperazine rings is 1. The molecule has 0 radical (unpaired) electrons. The Morgan fingerprint density at radius 1 is 1.06 bits per heavy atom. The van der Waals surface area contributed by atoms with Gasteiger partial charge in [0.1, 0.15) is 5.82 Å². The molecular weight excluding hydrogens is 411 g/mol. The maximum Gasteiger partial charge on any atom is 0.246 e. The third kappa shape index (κ3) is 5.66. The molecule has 1 aliphatic rings. The molecule has 0 spiro atoms. The SMILES string of the molecule is CCCOc1ccc(/C=C/C(=O)N2CCN(c3ccc(C(C)=O)cc3F)CC2)cc1OC. The molecule has 0 bridgehead atoms. The van der Waals surface area contributed by atoms with Gasteiger partial charge in [0.05, 0.1) is 19.4 Å². The van der Waals surface area contributed by atoms with Gasteiger partial charge in [0, 0.05) is 37.8 Å². The van der Waals surface area contributed by atoms with Crippen molar-refractivity contribution in [2.45, 2.75) is 20.3 Å². The van der Waals surface area contributed by atoms with E-state index in [-0.39, 0.29) is 11.7 Å². The van der Waals surface area contributed by atoms with E-state index in [1.54, 1.807) is 36.3 Å². The van der Waals surface area contributed by atoms with Crippen molar-refractivity contribution >= 4 is 23.5 Å². The van der Waals surface area contributed by atoms with Crippen molar-refractivity contribution in [2.24, 2.45) is 0 Å². The third-order valence-corrected chi connectivity index (χ3v) is 5.35. The molecule has 2 aromatic rings. The minimum absolute atomic E-state index is 0.0951. The van der Waals surface area contributed by atoms with Crippen molar-refractivity contribution in [3.8, 4) is 11.5 Å². The lowest BCUT2D eigenvalue weighted by atomic mass is 10.1. The highest BCUT2D eigenvalue weighted by atomic mass is 19.1. The molecule has 0 N–H and O–H groups in total. The molecule has 2 aromatic carbocycles. The van der Waals surface area contributed by atoms with Gasteiger partial charge in [0.25, 0.3) is 0 Å². The summed E-state index contributed by atoms with van der Waals surface area (Å²) in [7, 11) is 1.59. The average Bonchev–Trinajstić information content (AvgIpc) is 2.81. The molecule has 1 aliphatic heterocycles. The number of rotatable bonds is 8. The van der Waals surface area contributed by atoms with Crippen LogP contribution in [0.25, 0.3) is 6.08 Å². The van der Waals surface area contributed by atoms with E-state index < -0.39 is 5.82 Å². The molecule has 0 aliphatic carbocycles. The van der Waals surface area contributed by atoms with Crippen LogP contribution in [-0.4, -0.2) is 56.5 Å². The zero-order valence-corrected chi connectivity index (χ0v) is 18.8. The normalized spacial score (nSPS) is 14.0. The number of ether oxygens (including phenoxy) is 2. The van der Waals surface area contributed by atoms with Crippen molar-refractivity contribution < 1.29 is 23.5 Å². The fourth-order valence-corrected chi connectivity index (χ4v) is 3.54. The predicted molar refractivity (Wildman–Crippen MR) is 123 cm³/mol. The van der Waals surface area contributed by atoms with E-state index in [9.17, 15) is 14.0 Å². The van der Waals surface area contributed by atoms with E-state index in [1.165, 1.54) is 13.0 Å². The number of carbonyl (C=O) groups is 2. The second-order valence-electron chi connectivity index (χ2n) is 7.63. The number of anilines is 1. The van der Waals surface area contributed by atoms with Gasteiger partial charge in [-0.25, -0.2) is 4.39 Å². The summed E-state index contributed by atoms with van der Waals surface area (Å²) in [5.74, 6) is 0.621. The van der Waals surface area contributed by atoms with Gasteiger partial charge in [-0.3, -0.25) is 9.59 Å². The summed E-state index contributed by atoms with van der Waals surface area (Å²) >= 11 is 0. The van der Waals surface area contributed by atoms with Crippen molar-refractivity contribution in [3.05, 3.63) is 59.4 Å². The van der Waals surface area contributed by atoms with Crippen molar-refractivity contribution in [1.29, 1.82) is 0 Å². The van der Waals surface area contributed by atoms with Crippen molar-refractivity contribution in [2.75, 3.05) is 44.8 Å². The van der Waals surface area contributed by atoms with Crippen LogP contribution in [0.5, 0.6) is 11.5 Å². The molecule has 3 rings (SSSR count). The highest BCUT2D eigenvalue weighted by Crippen LogP contribution is 2.29. The number of carbonyl (C=O) groups excluding carboxylic acids is 2. The quantitative estimate of drug-likeness (QED) is 0.455. The highest BCUT2D eigenvalue weighted by molar-refractivity contribution is 5.94. The monoisotopic (exact) mass is 440 g/mol. The Hall–Kier alpha value is -3.35. The van der Waals surface area contributed by atoms with Crippen LogP contribution in [0.3, 0.4) is 0 Å². The molecule has 1 amide bonds. The van der Waals surface area contributed by atoms with Gasteiger partial charge in [-0.2, -0.15) is 0 Å². The lowest BCUT2D eigenvalue weighted by molar-refractivity contribution is -0.126. The summed E-state index contributed by atoms with van der Waals surface area (Å²) in [6.07, 6.45) is 4.20. The average molecular weight is 441 g/mol. The maximum atomic E-state index is 14.4. The van der Waals surface area contributed by atoms with E-state index in [1.807, 2.05) is 30.0 Å². The first-order chi connectivity index (χ1) is 15.4. The molecule has 170 valence electrons. The third-order valence-electron chi connectivity index (χ3n) is 5.35. The number of nitrogens with zero attached hydrogens (tertiary/aromatic N) is 2. The first-order valence-corrected chi connectivity index (χ1v) is 10.8. The number of ketones is 1. The van der Waals surface area contributed by atoms with Crippen molar-refractivity contribution in [3.63, 3.8) is 0 Å². The van der Waals surface area contributed by atoms with Gasteiger partial charge < -0.3 is 19.3 Å². The minimum Gasteiger partial charge on any atom is -0.493 e.